The van der Waals surface area contributed by atoms with E-state index < -0.39 is 11.9 Å². The first-order valence-electron chi connectivity index (χ1n) is 8.97. The van der Waals surface area contributed by atoms with Crippen LogP contribution in [0, 0.1) is 0 Å². The Hall–Kier alpha value is -3.28. The number of hydrogen-bond donors (Lipinski definition) is 1. The van der Waals surface area contributed by atoms with Crippen LogP contribution < -0.4 is 14.8 Å². The summed E-state index contributed by atoms with van der Waals surface area (Å²) in [5.41, 5.74) is 2.58. The molecule has 1 N–H and O–H groups in total. The standard InChI is InChI=1S/C22H23NO5/c1-14-21(22(25)28-13-15-8-10-16(26-2)11-9-15)18(12-20(24)23-14)17-6-4-5-7-19(17)27-3/h4-11,18H,12-13H2,1-3H3,(H,23,24)/t18-/m1/s1. The molecule has 0 saturated carbocycles. The fraction of sp³-hybridized carbons (Fsp3) is 0.273. The minimum Gasteiger partial charge on any atom is -0.497 e. The number of rotatable bonds is 6. The smallest absolute Gasteiger partial charge is 0.336 e. The summed E-state index contributed by atoms with van der Waals surface area (Å²) in [5.74, 6) is 0.355. The van der Waals surface area contributed by atoms with E-state index in [0.717, 1.165) is 16.9 Å². The quantitative estimate of drug-likeness (QED) is 0.777. The van der Waals surface area contributed by atoms with Gasteiger partial charge in [-0.1, -0.05) is 30.3 Å². The van der Waals surface area contributed by atoms with Crippen LogP contribution in [0.5, 0.6) is 11.5 Å². The van der Waals surface area contributed by atoms with Gasteiger partial charge in [0.15, 0.2) is 0 Å². The summed E-state index contributed by atoms with van der Waals surface area (Å²) in [7, 11) is 3.17. The predicted octanol–water partition coefficient (Wildman–Crippen LogP) is 3.32. The number of nitrogens with one attached hydrogen (secondary N) is 1. The molecule has 0 fully saturated rings. The topological polar surface area (TPSA) is 73.9 Å². The summed E-state index contributed by atoms with van der Waals surface area (Å²) < 4.78 is 16.1. The van der Waals surface area contributed by atoms with Crippen molar-refractivity contribution in [1.82, 2.24) is 5.32 Å². The minimum atomic E-state index is -0.454. The molecule has 1 aliphatic rings. The number of allylic oxidation sites excluding steroid dienone is 1. The molecule has 28 heavy (non-hydrogen) atoms. The Labute approximate surface area is 164 Å². The summed E-state index contributed by atoms with van der Waals surface area (Å²) in [5, 5.41) is 2.74. The van der Waals surface area contributed by atoms with Gasteiger partial charge in [0.1, 0.15) is 18.1 Å². The van der Waals surface area contributed by atoms with Crippen molar-refractivity contribution in [1.29, 1.82) is 0 Å². The van der Waals surface area contributed by atoms with Crippen molar-refractivity contribution < 1.29 is 23.8 Å². The maximum atomic E-state index is 12.9. The third-order valence-corrected chi connectivity index (χ3v) is 4.73. The van der Waals surface area contributed by atoms with Crippen molar-refractivity contribution in [3.8, 4) is 11.5 Å². The normalized spacial score (nSPS) is 16.4. The molecule has 6 heteroatoms. The van der Waals surface area contributed by atoms with E-state index in [2.05, 4.69) is 5.32 Å². The summed E-state index contributed by atoms with van der Waals surface area (Å²) in [6.45, 7) is 1.84. The summed E-state index contributed by atoms with van der Waals surface area (Å²) in [6.07, 6.45) is 0.157. The molecule has 3 rings (SSSR count). The van der Waals surface area contributed by atoms with Gasteiger partial charge in [0.05, 0.1) is 19.8 Å². The third-order valence-electron chi connectivity index (χ3n) is 4.73. The van der Waals surface area contributed by atoms with Gasteiger partial charge in [-0.15, -0.1) is 0 Å². The average Bonchev–Trinajstić information content (AvgIpc) is 2.71. The molecule has 1 heterocycles. The van der Waals surface area contributed by atoms with E-state index in [0.29, 0.717) is 17.0 Å². The van der Waals surface area contributed by atoms with Crippen LogP contribution in [0.1, 0.15) is 30.4 Å². The van der Waals surface area contributed by atoms with Crippen LogP contribution in [-0.4, -0.2) is 26.1 Å². The Kier molecular flexibility index (Phi) is 5.99. The zero-order valence-electron chi connectivity index (χ0n) is 16.2. The number of benzene rings is 2. The Morgan fingerprint density at radius 2 is 1.79 bits per heavy atom. The summed E-state index contributed by atoms with van der Waals surface area (Å²) in [4.78, 5) is 25.0. The highest BCUT2D eigenvalue weighted by molar-refractivity contribution is 5.96. The second kappa shape index (κ2) is 8.61. The zero-order chi connectivity index (χ0) is 20.1. The van der Waals surface area contributed by atoms with Gasteiger partial charge in [0.2, 0.25) is 5.91 Å². The van der Waals surface area contributed by atoms with Gasteiger partial charge >= 0.3 is 5.97 Å². The van der Waals surface area contributed by atoms with Crippen LogP contribution in [0.2, 0.25) is 0 Å². The SMILES string of the molecule is COc1ccc(COC(=O)C2=C(C)NC(=O)C[C@@H]2c2ccccc2OC)cc1. The fourth-order valence-electron chi connectivity index (χ4n) is 3.34. The van der Waals surface area contributed by atoms with Gasteiger partial charge in [-0.3, -0.25) is 4.79 Å². The molecule has 6 nitrogen and oxygen atoms in total. The lowest BCUT2D eigenvalue weighted by Crippen LogP contribution is -2.34. The van der Waals surface area contributed by atoms with Gasteiger partial charge in [-0.05, 0) is 30.7 Å². The van der Waals surface area contributed by atoms with E-state index in [9.17, 15) is 9.59 Å². The lowest BCUT2D eigenvalue weighted by molar-refractivity contribution is -0.141. The molecular weight excluding hydrogens is 358 g/mol. The molecule has 0 radical (unpaired) electrons. The van der Waals surface area contributed by atoms with Crippen molar-refractivity contribution in [3.05, 3.63) is 70.9 Å². The second-order valence-electron chi connectivity index (χ2n) is 6.51. The Balaban J connectivity index is 1.84. The van der Waals surface area contributed by atoms with Crippen LogP contribution in [0.4, 0.5) is 0 Å². The van der Waals surface area contributed by atoms with Crippen molar-refractivity contribution >= 4 is 11.9 Å². The van der Waals surface area contributed by atoms with Crippen LogP contribution in [-0.2, 0) is 20.9 Å². The number of ether oxygens (including phenoxy) is 3. The molecule has 0 aliphatic carbocycles. The molecule has 2 aromatic rings. The van der Waals surface area contributed by atoms with E-state index in [4.69, 9.17) is 14.2 Å². The molecule has 146 valence electrons. The van der Waals surface area contributed by atoms with Gasteiger partial charge in [0, 0.05) is 23.6 Å². The molecule has 0 bridgehead atoms. The van der Waals surface area contributed by atoms with Crippen molar-refractivity contribution in [2.24, 2.45) is 0 Å². The first-order chi connectivity index (χ1) is 13.5. The number of carbonyl (C=O) groups excluding carboxylic acids is 2. The average molecular weight is 381 g/mol. The Morgan fingerprint density at radius 1 is 1.07 bits per heavy atom. The molecule has 0 aromatic heterocycles. The molecule has 1 amide bonds. The van der Waals surface area contributed by atoms with Crippen molar-refractivity contribution in [3.63, 3.8) is 0 Å². The van der Waals surface area contributed by atoms with Crippen molar-refractivity contribution in [2.45, 2.75) is 25.9 Å². The van der Waals surface area contributed by atoms with Crippen LogP contribution in [0.25, 0.3) is 0 Å². The number of carbonyl (C=O) groups is 2. The Morgan fingerprint density at radius 3 is 2.46 bits per heavy atom. The maximum Gasteiger partial charge on any atom is 0.336 e. The highest BCUT2D eigenvalue weighted by Crippen LogP contribution is 2.38. The molecule has 0 spiro atoms. The lowest BCUT2D eigenvalue weighted by Gasteiger charge is -2.27. The van der Waals surface area contributed by atoms with E-state index in [1.54, 1.807) is 21.1 Å². The van der Waals surface area contributed by atoms with Gasteiger partial charge in [-0.25, -0.2) is 4.79 Å². The first-order valence-corrected chi connectivity index (χ1v) is 8.97. The van der Waals surface area contributed by atoms with Crippen LogP contribution >= 0.6 is 0 Å². The number of para-hydroxylation sites is 1. The van der Waals surface area contributed by atoms with Gasteiger partial charge < -0.3 is 19.5 Å². The number of methoxy groups -OCH3 is 2. The molecule has 0 saturated heterocycles. The van der Waals surface area contributed by atoms with E-state index >= 15 is 0 Å². The van der Waals surface area contributed by atoms with E-state index in [1.807, 2.05) is 48.5 Å². The monoisotopic (exact) mass is 381 g/mol. The number of esters is 1. The summed E-state index contributed by atoms with van der Waals surface area (Å²) in [6, 6.07) is 14.7. The third kappa shape index (κ3) is 4.17. The van der Waals surface area contributed by atoms with Gasteiger partial charge in [-0.2, -0.15) is 0 Å². The molecule has 0 unspecified atom stereocenters. The minimum absolute atomic E-state index is 0.131. The van der Waals surface area contributed by atoms with Crippen LogP contribution in [0.3, 0.4) is 0 Å². The van der Waals surface area contributed by atoms with Gasteiger partial charge in [0.25, 0.3) is 0 Å². The maximum absolute atomic E-state index is 12.9. The van der Waals surface area contributed by atoms with E-state index in [-0.39, 0.29) is 18.9 Å². The number of amides is 1. The summed E-state index contributed by atoms with van der Waals surface area (Å²) >= 11 is 0. The van der Waals surface area contributed by atoms with Crippen molar-refractivity contribution in [2.75, 3.05) is 14.2 Å². The Bertz CT molecular complexity index is 901. The molecule has 1 aliphatic heterocycles. The molecule has 2 aromatic carbocycles. The van der Waals surface area contributed by atoms with Crippen LogP contribution in [0.15, 0.2) is 59.8 Å². The number of hydrogen-bond acceptors (Lipinski definition) is 5. The largest absolute Gasteiger partial charge is 0.497 e. The molecule has 1 atom stereocenters. The zero-order valence-corrected chi connectivity index (χ0v) is 16.2. The van der Waals surface area contributed by atoms with E-state index in [1.165, 1.54) is 0 Å². The lowest BCUT2D eigenvalue weighted by atomic mass is 9.84. The fourth-order valence-corrected chi connectivity index (χ4v) is 3.34. The first kappa shape index (κ1) is 19.5. The molecular formula is C22H23NO5. The highest BCUT2D eigenvalue weighted by Gasteiger charge is 2.34. The highest BCUT2D eigenvalue weighted by atomic mass is 16.5. The predicted molar refractivity (Wildman–Crippen MR) is 104 cm³/mol. The second-order valence-corrected chi connectivity index (χ2v) is 6.51.